The largest absolute Gasteiger partial charge is 0.338 e. The molecule has 5 nitrogen and oxygen atoms in total. The molecule has 0 spiro atoms. The summed E-state index contributed by atoms with van der Waals surface area (Å²) in [5.74, 6) is -0.0192. The van der Waals surface area contributed by atoms with E-state index in [0.717, 1.165) is 9.13 Å². The van der Waals surface area contributed by atoms with Crippen LogP contribution in [0.25, 0.3) is 0 Å². The Bertz CT molecular complexity index is 511. The molecule has 1 fully saturated rings. The van der Waals surface area contributed by atoms with Crippen molar-refractivity contribution in [3.8, 4) is 0 Å². The van der Waals surface area contributed by atoms with Gasteiger partial charge in [-0.2, -0.15) is 0 Å². The molecule has 1 heterocycles. The molecule has 2 N–H and O–H groups in total. The topological polar surface area (TPSA) is 66.6 Å². The number of nitrogens with zero attached hydrogens (tertiary/aromatic N) is 2. The Morgan fingerprint density at radius 3 is 2.25 bits per heavy atom. The van der Waals surface area contributed by atoms with E-state index in [0.29, 0.717) is 26.2 Å². The monoisotopic (exact) mass is 387 g/mol. The SMILES string of the molecule is C[C@H](N)C(=O)N1CCN(C(=O)c2ccccc2I)CC1. The standard InChI is InChI=1S/C14H18IN3O2/c1-10(16)13(19)17-6-8-18(9-7-17)14(20)11-4-2-3-5-12(11)15/h2-5,10H,6-9,16H2,1H3/t10-/m0/s1. The molecule has 1 aliphatic heterocycles. The molecule has 2 rings (SSSR count). The number of carbonyl (C=O) groups excluding carboxylic acids is 2. The molecule has 1 atom stereocenters. The van der Waals surface area contributed by atoms with Crippen LogP contribution in [0, 0.1) is 3.57 Å². The van der Waals surface area contributed by atoms with E-state index in [9.17, 15) is 9.59 Å². The van der Waals surface area contributed by atoms with Crippen LogP contribution >= 0.6 is 22.6 Å². The number of hydrogen-bond donors (Lipinski definition) is 1. The van der Waals surface area contributed by atoms with Crippen molar-refractivity contribution in [2.24, 2.45) is 5.73 Å². The number of nitrogens with two attached hydrogens (primary N) is 1. The van der Waals surface area contributed by atoms with Crippen molar-refractivity contribution in [3.63, 3.8) is 0 Å². The molecule has 6 heteroatoms. The number of amides is 2. The van der Waals surface area contributed by atoms with E-state index in [-0.39, 0.29) is 11.8 Å². The van der Waals surface area contributed by atoms with Crippen LogP contribution in [0.2, 0.25) is 0 Å². The fourth-order valence-electron chi connectivity index (χ4n) is 2.22. The van der Waals surface area contributed by atoms with Gasteiger partial charge in [0.2, 0.25) is 5.91 Å². The van der Waals surface area contributed by atoms with Gasteiger partial charge in [0.15, 0.2) is 0 Å². The number of hydrogen-bond acceptors (Lipinski definition) is 3. The van der Waals surface area contributed by atoms with Crippen molar-refractivity contribution in [3.05, 3.63) is 33.4 Å². The second-order valence-electron chi connectivity index (χ2n) is 4.89. The quantitative estimate of drug-likeness (QED) is 0.768. The maximum Gasteiger partial charge on any atom is 0.255 e. The van der Waals surface area contributed by atoms with Crippen molar-refractivity contribution >= 4 is 34.4 Å². The maximum atomic E-state index is 12.4. The van der Waals surface area contributed by atoms with E-state index in [2.05, 4.69) is 22.6 Å². The highest BCUT2D eigenvalue weighted by molar-refractivity contribution is 14.1. The Kier molecular flexibility index (Phi) is 4.98. The average Bonchev–Trinajstić information content (AvgIpc) is 2.46. The third kappa shape index (κ3) is 3.29. The van der Waals surface area contributed by atoms with Gasteiger partial charge in [0, 0.05) is 29.7 Å². The van der Waals surface area contributed by atoms with E-state index >= 15 is 0 Å². The predicted molar refractivity (Wildman–Crippen MR) is 85.3 cm³/mol. The van der Waals surface area contributed by atoms with Crippen LogP contribution in [0.5, 0.6) is 0 Å². The predicted octanol–water partition coefficient (Wildman–Crippen LogP) is 0.923. The molecule has 20 heavy (non-hydrogen) atoms. The van der Waals surface area contributed by atoms with Gasteiger partial charge in [-0.05, 0) is 41.6 Å². The summed E-state index contributed by atoms with van der Waals surface area (Å²) in [6.45, 7) is 3.90. The van der Waals surface area contributed by atoms with E-state index in [4.69, 9.17) is 5.73 Å². The van der Waals surface area contributed by atoms with E-state index in [1.807, 2.05) is 24.3 Å². The number of halogens is 1. The third-order valence-electron chi connectivity index (χ3n) is 3.37. The molecule has 0 saturated carbocycles. The first-order valence-electron chi connectivity index (χ1n) is 6.59. The van der Waals surface area contributed by atoms with E-state index in [1.165, 1.54) is 0 Å². The second kappa shape index (κ2) is 6.53. The first-order valence-corrected chi connectivity index (χ1v) is 7.66. The molecule has 0 radical (unpaired) electrons. The molecule has 0 aromatic heterocycles. The highest BCUT2D eigenvalue weighted by Crippen LogP contribution is 2.15. The lowest BCUT2D eigenvalue weighted by Crippen LogP contribution is -2.53. The van der Waals surface area contributed by atoms with Crippen LogP contribution in [-0.4, -0.2) is 53.8 Å². The number of piperazine rings is 1. The molecule has 0 aliphatic carbocycles. The Balaban J connectivity index is 1.99. The Hall–Kier alpha value is -1.15. The third-order valence-corrected chi connectivity index (χ3v) is 4.31. The molecule has 1 aromatic carbocycles. The summed E-state index contributed by atoms with van der Waals surface area (Å²) in [4.78, 5) is 27.7. The van der Waals surface area contributed by atoms with Crippen molar-refractivity contribution in [2.75, 3.05) is 26.2 Å². The van der Waals surface area contributed by atoms with Gasteiger partial charge in [-0.3, -0.25) is 9.59 Å². The van der Waals surface area contributed by atoms with Crippen LogP contribution in [0.4, 0.5) is 0 Å². The molecule has 2 amide bonds. The maximum absolute atomic E-state index is 12.4. The summed E-state index contributed by atoms with van der Waals surface area (Å²) >= 11 is 2.17. The lowest BCUT2D eigenvalue weighted by Gasteiger charge is -2.35. The number of carbonyl (C=O) groups is 2. The summed E-state index contributed by atoms with van der Waals surface area (Å²) in [6, 6.07) is 7.06. The van der Waals surface area contributed by atoms with Crippen LogP contribution < -0.4 is 5.73 Å². The van der Waals surface area contributed by atoms with Gasteiger partial charge in [0.25, 0.3) is 5.91 Å². The molecule has 1 aliphatic rings. The Morgan fingerprint density at radius 1 is 1.15 bits per heavy atom. The van der Waals surface area contributed by atoms with Gasteiger partial charge in [-0.25, -0.2) is 0 Å². The molecule has 108 valence electrons. The zero-order valence-electron chi connectivity index (χ0n) is 11.4. The average molecular weight is 387 g/mol. The summed E-state index contributed by atoms with van der Waals surface area (Å²) in [5.41, 5.74) is 6.32. The van der Waals surface area contributed by atoms with Crippen LogP contribution in [0.1, 0.15) is 17.3 Å². The van der Waals surface area contributed by atoms with Gasteiger partial charge in [0.1, 0.15) is 0 Å². The summed E-state index contributed by atoms with van der Waals surface area (Å²) in [7, 11) is 0. The molecular formula is C14H18IN3O2. The van der Waals surface area contributed by atoms with Gasteiger partial charge >= 0.3 is 0 Å². The van der Waals surface area contributed by atoms with E-state index in [1.54, 1.807) is 16.7 Å². The molecular weight excluding hydrogens is 369 g/mol. The van der Waals surface area contributed by atoms with Crippen LogP contribution in [0.3, 0.4) is 0 Å². The van der Waals surface area contributed by atoms with Crippen molar-refractivity contribution < 1.29 is 9.59 Å². The van der Waals surface area contributed by atoms with Gasteiger partial charge in [-0.15, -0.1) is 0 Å². The highest BCUT2D eigenvalue weighted by Gasteiger charge is 2.26. The molecule has 1 aromatic rings. The van der Waals surface area contributed by atoms with Crippen molar-refractivity contribution in [1.82, 2.24) is 9.80 Å². The minimum atomic E-state index is -0.479. The minimum absolute atomic E-state index is 0.0305. The summed E-state index contributed by atoms with van der Waals surface area (Å²) in [5, 5.41) is 0. The second-order valence-corrected chi connectivity index (χ2v) is 6.05. The molecule has 0 bridgehead atoms. The number of rotatable bonds is 2. The zero-order chi connectivity index (χ0) is 14.7. The number of benzene rings is 1. The molecule has 0 unspecified atom stereocenters. The summed E-state index contributed by atoms with van der Waals surface area (Å²) < 4.78 is 0.948. The smallest absolute Gasteiger partial charge is 0.255 e. The van der Waals surface area contributed by atoms with Crippen molar-refractivity contribution in [1.29, 1.82) is 0 Å². The fraction of sp³-hybridized carbons (Fsp3) is 0.429. The summed E-state index contributed by atoms with van der Waals surface area (Å²) in [6.07, 6.45) is 0. The van der Waals surface area contributed by atoms with E-state index < -0.39 is 6.04 Å². The normalized spacial score (nSPS) is 16.9. The van der Waals surface area contributed by atoms with Gasteiger partial charge in [0.05, 0.1) is 11.6 Å². The Morgan fingerprint density at radius 2 is 1.70 bits per heavy atom. The van der Waals surface area contributed by atoms with Gasteiger partial charge < -0.3 is 15.5 Å². The van der Waals surface area contributed by atoms with Gasteiger partial charge in [-0.1, -0.05) is 12.1 Å². The van der Waals surface area contributed by atoms with Crippen molar-refractivity contribution in [2.45, 2.75) is 13.0 Å². The lowest BCUT2D eigenvalue weighted by atomic mass is 10.1. The molecule has 1 saturated heterocycles. The lowest BCUT2D eigenvalue weighted by molar-refractivity contribution is -0.133. The van der Waals surface area contributed by atoms with Crippen LogP contribution in [-0.2, 0) is 4.79 Å². The first kappa shape index (κ1) is 15.2. The van der Waals surface area contributed by atoms with Crippen LogP contribution in [0.15, 0.2) is 24.3 Å². The fourth-order valence-corrected chi connectivity index (χ4v) is 2.84. The highest BCUT2D eigenvalue weighted by atomic mass is 127. The minimum Gasteiger partial charge on any atom is -0.338 e. The zero-order valence-corrected chi connectivity index (χ0v) is 13.5. The Labute approximate surface area is 132 Å². The first-order chi connectivity index (χ1) is 9.50.